The molecule has 1 aliphatic heterocycles. The molecule has 2 heterocycles. The molecule has 0 aromatic carbocycles. The van der Waals surface area contributed by atoms with Gasteiger partial charge in [0.25, 0.3) is 0 Å². The number of ether oxygens (including phenoxy) is 1. The van der Waals surface area contributed by atoms with Crippen molar-refractivity contribution in [1.29, 1.82) is 0 Å². The van der Waals surface area contributed by atoms with E-state index in [0.717, 1.165) is 19.5 Å². The predicted octanol–water partition coefficient (Wildman–Crippen LogP) is 0.913. The Labute approximate surface area is 107 Å². The van der Waals surface area contributed by atoms with E-state index in [1.165, 1.54) is 0 Å². The van der Waals surface area contributed by atoms with Crippen LogP contribution in [0, 0.1) is 0 Å². The van der Waals surface area contributed by atoms with Crippen molar-refractivity contribution >= 4 is 0 Å². The van der Waals surface area contributed by atoms with Crippen molar-refractivity contribution < 1.29 is 9.26 Å². The fourth-order valence-electron chi connectivity index (χ4n) is 2.23. The molecule has 102 valence electrons. The van der Waals surface area contributed by atoms with Gasteiger partial charge in [-0.3, -0.25) is 0 Å². The third-order valence-electron chi connectivity index (χ3n) is 3.41. The largest absolute Gasteiger partial charge is 0.367 e. The first-order valence-corrected chi connectivity index (χ1v) is 6.51. The minimum Gasteiger partial charge on any atom is -0.367 e. The Morgan fingerprint density at radius 1 is 1.56 bits per heavy atom. The number of nitrogens with zero attached hydrogens (tertiary/aromatic N) is 3. The van der Waals surface area contributed by atoms with Gasteiger partial charge in [-0.1, -0.05) is 12.1 Å². The molecule has 3 atom stereocenters. The Balaban J connectivity index is 2.09. The maximum Gasteiger partial charge on any atom is 0.231 e. The standard InChI is InChI=1S/C12H22N4O2/c1-4-9(8(2)13)12-14-11(15-18-12)10-7-16(3)5-6-17-10/h8-10H,4-7,13H2,1-3H3. The Kier molecular flexibility index (Phi) is 4.31. The van der Waals surface area contributed by atoms with Gasteiger partial charge in [0.1, 0.15) is 6.10 Å². The number of aromatic nitrogens is 2. The second kappa shape index (κ2) is 5.77. The summed E-state index contributed by atoms with van der Waals surface area (Å²) in [6.07, 6.45) is 0.803. The average molecular weight is 254 g/mol. The lowest BCUT2D eigenvalue weighted by Gasteiger charge is -2.27. The number of hydrogen-bond donors (Lipinski definition) is 1. The molecule has 1 fully saturated rings. The molecule has 18 heavy (non-hydrogen) atoms. The van der Waals surface area contributed by atoms with Crippen molar-refractivity contribution in [3.05, 3.63) is 11.7 Å². The lowest BCUT2D eigenvalue weighted by atomic mass is 9.99. The Morgan fingerprint density at radius 3 is 2.94 bits per heavy atom. The van der Waals surface area contributed by atoms with Crippen LogP contribution in [-0.2, 0) is 4.74 Å². The van der Waals surface area contributed by atoms with Crippen LogP contribution in [0.25, 0.3) is 0 Å². The molecule has 1 aromatic heterocycles. The van der Waals surface area contributed by atoms with Crippen molar-refractivity contribution in [2.45, 2.75) is 38.3 Å². The van der Waals surface area contributed by atoms with E-state index in [-0.39, 0.29) is 18.1 Å². The van der Waals surface area contributed by atoms with Crippen LogP contribution >= 0.6 is 0 Å². The molecule has 1 aliphatic rings. The molecule has 6 nitrogen and oxygen atoms in total. The van der Waals surface area contributed by atoms with Crippen LogP contribution in [0.5, 0.6) is 0 Å². The number of morpholine rings is 1. The van der Waals surface area contributed by atoms with E-state index >= 15 is 0 Å². The van der Waals surface area contributed by atoms with Gasteiger partial charge in [0.15, 0.2) is 0 Å². The lowest BCUT2D eigenvalue weighted by molar-refractivity contribution is -0.0264. The second-order valence-electron chi connectivity index (χ2n) is 4.99. The first-order valence-electron chi connectivity index (χ1n) is 6.51. The van der Waals surface area contributed by atoms with Crippen molar-refractivity contribution in [2.24, 2.45) is 5.73 Å². The van der Waals surface area contributed by atoms with E-state index in [1.54, 1.807) is 0 Å². The Morgan fingerprint density at radius 2 is 2.33 bits per heavy atom. The van der Waals surface area contributed by atoms with Crippen molar-refractivity contribution in [1.82, 2.24) is 15.0 Å². The van der Waals surface area contributed by atoms with Crippen LogP contribution in [0.3, 0.4) is 0 Å². The van der Waals surface area contributed by atoms with Gasteiger partial charge in [-0.25, -0.2) is 0 Å². The van der Waals surface area contributed by atoms with E-state index in [9.17, 15) is 0 Å². The van der Waals surface area contributed by atoms with Gasteiger partial charge in [0.05, 0.1) is 12.5 Å². The smallest absolute Gasteiger partial charge is 0.231 e. The molecule has 2 N–H and O–H groups in total. The molecular weight excluding hydrogens is 232 g/mol. The minimum absolute atomic E-state index is 0.0123. The van der Waals surface area contributed by atoms with Crippen LogP contribution in [0.2, 0.25) is 0 Å². The Hall–Kier alpha value is -0.980. The number of nitrogens with two attached hydrogens (primary N) is 1. The van der Waals surface area contributed by atoms with Crippen LogP contribution in [0.4, 0.5) is 0 Å². The highest BCUT2D eigenvalue weighted by atomic mass is 16.5. The normalized spacial score (nSPS) is 25.0. The summed E-state index contributed by atoms with van der Waals surface area (Å²) < 4.78 is 11.0. The number of hydrogen-bond acceptors (Lipinski definition) is 6. The first kappa shape index (κ1) is 13.5. The SMILES string of the molecule is CCC(c1nc(C2CN(C)CCO2)no1)C(C)N. The summed E-state index contributed by atoms with van der Waals surface area (Å²) in [5.74, 6) is 1.38. The summed E-state index contributed by atoms with van der Waals surface area (Å²) >= 11 is 0. The van der Waals surface area contributed by atoms with Crippen LogP contribution in [-0.4, -0.2) is 47.8 Å². The summed E-state index contributed by atoms with van der Waals surface area (Å²) in [7, 11) is 2.06. The molecule has 1 aromatic rings. The highest BCUT2D eigenvalue weighted by Gasteiger charge is 2.27. The van der Waals surface area contributed by atoms with E-state index in [1.807, 2.05) is 6.92 Å². The molecule has 0 saturated carbocycles. The highest BCUT2D eigenvalue weighted by Crippen LogP contribution is 2.24. The van der Waals surface area contributed by atoms with E-state index in [0.29, 0.717) is 18.3 Å². The molecule has 0 spiro atoms. The average Bonchev–Trinajstić information content (AvgIpc) is 2.79. The third-order valence-corrected chi connectivity index (χ3v) is 3.41. The summed E-state index contributed by atoms with van der Waals surface area (Å²) in [6, 6.07) is 0.0123. The van der Waals surface area contributed by atoms with Gasteiger partial charge in [0, 0.05) is 19.1 Å². The zero-order valence-corrected chi connectivity index (χ0v) is 11.3. The van der Waals surface area contributed by atoms with Crippen molar-refractivity contribution in [3.8, 4) is 0 Å². The fraction of sp³-hybridized carbons (Fsp3) is 0.833. The first-order chi connectivity index (χ1) is 8.61. The highest BCUT2D eigenvalue weighted by molar-refractivity contribution is 5.00. The molecule has 6 heteroatoms. The summed E-state index contributed by atoms with van der Waals surface area (Å²) in [5.41, 5.74) is 5.92. The van der Waals surface area contributed by atoms with Crippen LogP contribution in [0.15, 0.2) is 4.52 Å². The number of likely N-dealkylation sites (N-methyl/N-ethyl adjacent to an activating group) is 1. The van der Waals surface area contributed by atoms with Gasteiger partial charge in [-0.2, -0.15) is 4.98 Å². The van der Waals surface area contributed by atoms with Gasteiger partial charge in [-0.15, -0.1) is 0 Å². The lowest BCUT2D eigenvalue weighted by Crippen LogP contribution is -2.35. The topological polar surface area (TPSA) is 77.4 Å². The number of rotatable bonds is 4. The maximum atomic E-state index is 5.92. The van der Waals surface area contributed by atoms with Crippen LogP contribution in [0.1, 0.15) is 44.0 Å². The zero-order valence-electron chi connectivity index (χ0n) is 11.3. The molecule has 0 amide bonds. The van der Waals surface area contributed by atoms with E-state index in [2.05, 4.69) is 29.0 Å². The summed E-state index contributed by atoms with van der Waals surface area (Å²) in [5, 5.41) is 4.03. The van der Waals surface area contributed by atoms with Crippen molar-refractivity contribution in [2.75, 3.05) is 26.7 Å². The van der Waals surface area contributed by atoms with Crippen molar-refractivity contribution in [3.63, 3.8) is 0 Å². The second-order valence-corrected chi connectivity index (χ2v) is 4.99. The zero-order chi connectivity index (χ0) is 13.1. The monoisotopic (exact) mass is 254 g/mol. The quantitative estimate of drug-likeness (QED) is 0.860. The molecule has 0 bridgehead atoms. The third kappa shape index (κ3) is 2.88. The van der Waals surface area contributed by atoms with E-state index in [4.69, 9.17) is 15.0 Å². The minimum atomic E-state index is -0.0909. The molecule has 0 radical (unpaired) electrons. The molecule has 2 rings (SSSR count). The molecule has 0 aliphatic carbocycles. The van der Waals surface area contributed by atoms with Crippen LogP contribution < -0.4 is 5.73 Å². The van der Waals surface area contributed by atoms with Gasteiger partial charge in [-0.05, 0) is 20.4 Å². The van der Waals surface area contributed by atoms with Gasteiger partial charge >= 0.3 is 0 Å². The fourth-order valence-corrected chi connectivity index (χ4v) is 2.23. The molecular formula is C12H22N4O2. The predicted molar refractivity (Wildman–Crippen MR) is 67.2 cm³/mol. The summed E-state index contributed by atoms with van der Waals surface area (Å²) in [4.78, 5) is 6.65. The maximum absolute atomic E-state index is 5.92. The Bertz CT molecular complexity index is 380. The molecule has 1 saturated heterocycles. The van der Waals surface area contributed by atoms with Gasteiger partial charge < -0.3 is 19.9 Å². The summed E-state index contributed by atoms with van der Waals surface area (Å²) in [6.45, 7) is 6.48. The molecule has 3 unspecified atom stereocenters. The van der Waals surface area contributed by atoms with E-state index < -0.39 is 0 Å². The van der Waals surface area contributed by atoms with Gasteiger partial charge in [0.2, 0.25) is 11.7 Å².